The van der Waals surface area contributed by atoms with Crippen LogP contribution in [0, 0.1) is 5.92 Å². The summed E-state index contributed by atoms with van der Waals surface area (Å²) in [6, 6.07) is 13.0. The number of hydrogen-bond donors (Lipinski definition) is 1. The van der Waals surface area contributed by atoms with E-state index in [4.69, 9.17) is 16.3 Å². The number of benzene rings is 1. The fourth-order valence-electron chi connectivity index (χ4n) is 4.92. The summed E-state index contributed by atoms with van der Waals surface area (Å²) in [5.74, 6) is 1.11. The molecule has 2 saturated heterocycles. The maximum Gasteiger partial charge on any atom is 0.286 e. The van der Waals surface area contributed by atoms with Crippen molar-refractivity contribution < 1.29 is 14.3 Å². The van der Waals surface area contributed by atoms with Crippen LogP contribution in [0.3, 0.4) is 0 Å². The van der Waals surface area contributed by atoms with E-state index in [1.807, 2.05) is 35.2 Å². The Labute approximate surface area is 198 Å². The summed E-state index contributed by atoms with van der Waals surface area (Å²) in [4.78, 5) is 34.4. The minimum Gasteiger partial charge on any atom is -0.483 e. The molecule has 3 fully saturated rings. The molecule has 1 N–H and O–H groups in total. The molecule has 0 spiro atoms. The highest BCUT2D eigenvalue weighted by Crippen LogP contribution is 2.33. The average molecular weight is 467 g/mol. The van der Waals surface area contributed by atoms with E-state index in [-0.39, 0.29) is 29.9 Å². The second kappa shape index (κ2) is 9.43. The molecule has 1 aromatic heterocycles. The SMILES string of the molecule is O=C1NC2CC(C(=O)N3CCN(c4ccccn4)CC3)CCC2O/C1=C\c1cccc(Cl)c1. The van der Waals surface area contributed by atoms with Crippen molar-refractivity contribution in [2.75, 3.05) is 31.1 Å². The second-order valence-electron chi connectivity index (χ2n) is 8.81. The van der Waals surface area contributed by atoms with Crippen molar-refractivity contribution in [3.8, 4) is 0 Å². The van der Waals surface area contributed by atoms with Crippen molar-refractivity contribution in [3.63, 3.8) is 0 Å². The molecule has 33 heavy (non-hydrogen) atoms. The summed E-state index contributed by atoms with van der Waals surface area (Å²) in [5, 5.41) is 3.68. The normalized spacial score (nSPS) is 26.4. The molecule has 0 bridgehead atoms. The molecule has 2 aliphatic heterocycles. The Morgan fingerprint density at radius 3 is 2.73 bits per heavy atom. The Balaban J connectivity index is 1.17. The number of amides is 2. The van der Waals surface area contributed by atoms with Crippen LogP contribution in [0.4, 0.5) is 5.82 Å². The maximum absolute atomic E-state index is 13.2. The van der Waals surface area contributed by atoms with Gasteiger partial charge in [-0.1, -0.05) is 29.8 Å². The first-order valence-corrected chi connectivity index (χ1v) is 11.8. The minimum absolute atomic E-state index is 0.0880. The van der Waals surface area contributed by atoms with E-state index >= 15 is 0 Å². The van der Waals surface area contributed by atoms with Crippen molar-refractivity contribution in [2.45, 2.75) is 31.4 Å². The first-order valence-electron chi connectivity index (χ1n) is 11.5. The van der Waals surface area contributed by atoms with Crippen LogP contribution >= 0.6 is 11.6 Å². The van der Waals surface area contributed by atoms with Crippen LogP contribution in [0.5, 0.6) is 0 Å². The van der Waals surface area contributed by atoms with Crippen molar-refractivity contribution in [1.82, 2.24) is 15.2 Å². The molecule has 7 nitrogen and oxygen atoms in total. The zero-order valence-electron chi connectivity index (χ0n) is 18.3. The highest BCUT2D eigenvalue weighted by atomic mass is 35.5. The molecule has 5 rings (SSSR count). The van der Waals surface area contributed by atoms with Crippen LogP contribution in [-0.2, 0) is 14.3 Å². The Kier molecular flexibility index (Phi) is 6.22. The lowest BCUT2D eigenvalue weighted by Gasteiger charge is -2.42. The van der Waals surface area contributed by atoms with Crippen LogP contribution in [0.2, 0.25) is 5.02 Å². The fourth-order valence-corrected chi connectivity index (χ4v) is 5.12. The van der Waals surface area contributed by atoms with Gasteiger partial charge in [-0.2, -0.15) is 0 Å². The van der Waals surface area contributed by atoms with E-state index in [2.05, 4.69) is 15.2 Å². The van der Waals surface area contributed by atoms with Gasteiger partial charge in [-0.25, -0.2) is 4.98 Å². The van der Waals surface area contributed by atoms with Crippen LogP contribution < -0.4 is 10.2 Å². The number of nitrogens with zero attached hydrogens (tertiary/aromatic N) is 3. The molecular formula is C25H27ClN4O3. The number of fused-ring (bicyclic) bond motifs is 1. The van der Waals surface area contributed by atoms with Crippen LogP contribution in [-0.4, -0.2) is 60.0 Å². The first kappa shape index (κ1) is 21.8. The number of morpholine rings is 1. The highest BCUT2D eigenvalue weighted by molar-refractivity contribution is 6.30. The number of aromatic nitrogens is 1. The molecule has 3 heterocycles. The van der Waals surface area contributed by atoms with E-state index in [1.165, 1.54) is 0 Å². The van der Waals surface area contributed by atoms with Crippen molar-refractivity contribution in [3.05, 3.63) is 65.0 Å². The molecule has 2 amide bonds. The predicted octanol–water partition coefficient (Wildman–Crippen LogP) is 3.11. The van der Waals surface area contributed by atoms with Crippen LogP contribution in [0.15, 0.2) is 54.4 Å². The standard InChI is InChI=1S/C25H27ClN4O3/c26-19-5-3-4-17(14-19)15-22-24(31)28-20-16-18(7-8-21(20)33-22)25(32)30-12-10-29(11-13-30)23-6-1-2-9-27-23/h1-6,9,14-15,18,20-21H,7-8,10-13,16H2,(H,28,31)/b22-15-. The van der Waals surface area contributed by atoms with Gasteiger partial charge >= 0.3 is 0 Å². The van der Waals surface area contributed by atoms with Gasteiger partial charge in [-0.05, 0) is 55.2 Å². The third-order valence-electron chi connectivity index (χ3n) is 6.67. The van der Waals surface area contributed by atoms with E-state index in [0.29, 0.717) is 30.3 Å². The number of carbonyl (C=O) groups is 2. The van der Waals surface area contributed by atoms with E-state index < -0.39 is 0 Å². The minimum atomic E-state index is -0.242. The number of carbonyl (C=O) groups excluding carboxylic acids is 2. The molecule has 172 valence electrons. The van der Waals surface area contributed by atoms with Crippen molar-refractivity contribution >= 4 is 35.3 Å². The predicted molar refractivity (Wildman–Crippen MR) is 127 cm³/mol. The summed E-state index contributed by atoms with van der Waals surface area (Å²) in [7, 11) is 0. The number of ether oxygens (including phenoxy) is 1. The Hall–Kier alpha value is -3.06. The summed E-state index contributed by atoms with van der Waals surface area (Å²) >= 11 is 6.05. The van der Waals surface area contributed by atoms with Gasteiger partial charge in [0.2, 0.25) is 5.91 Å². The summed E-state index contributed by atoms with van der Waals surface area (Å²) < 4.78 is 6.05. The largest absolute Gasteiger partial charge is 0.483 e. The summed E-state index contributed by atoms with van der Waals surface area (Å²) in [6.07, 6.45) is 5.51. The molecule has 1 saturated carbocycles. The van der Waals surface area contributed by atoms with Gasteiger partial charge in [0.1, 0.15) is 11.9 Å². The molecule has 3 unspecified atom stereocenters. The number of anilines is 1. The fraction of sp³-hybridized carbons (Fsp3) is 0.400. The molecule has 0 radical (unpaired) electrons. The van der Waals surface area contributed by atoms with Crippen LogP contribution in [0.25, 0.3) is 6.08 Å². The molecule has 8 heteroatoms. The number of rotatable bonds is 3. The van der Waals surface area contributed by atoms with Gasteiger partial charge in [0.25, 0.3) is 5.91 Å². The number of nitrogens with one attached hydrogen (secondary N) is 1. The summed E-state index contributed by atoms with van der Waals surface area (Å²) in [5.41, 5.74) is 0.819. The average Bonchev–Trinajstić information content (AvgIpc) is 2.84. The van der Waals surface area contributed by atoms with Crippen molar-refractivity contribution in [2.24, 2.45) is 5.92 Å². The maximum atomic E-state index is 13.2. The van der Waals surface area contributed by atoms with Gasteiger partial charge in [0.05, 0.1) is 6.04 Å². The van der Waals surface area contributed by atoms with Crippen molar-refractivity contribution in [1.29, 1.82) is 0 Å². The zero-order valence-corrected chi connectivity index (χ0v) is 19.1. The van der Waals surface area contributed by atoms with Gasteiger partial charge in [0.15, 0.2) is 5.76 Å². The number of pyridine rings is 1. The van der Waals surface area contributed by atoms with E-state index in [0.717, 1.165) is 37.3 Å². The Morgan fingerprint density at radius 2 is 1.97 bits per heavy atom. The van der Waals surface area contributed by atoms with E-state index in [1.54, 1.807) is 24.4 Å². The van der Waals surface area contributed by atoms with Crippen LogP contribution in [0.1, 0.15) is 24.8 Å². The van der Waals surface area contributed by atoms with Gasteiger partial charge in [-0.15, -0.1) is 0 Å². The third kappa shape index (κ3) is 4.83. The number of piperazine rings is 1. The van der Waals surface area contributed by atoms with Gasteiger partial charge < -0.3 is 19.9 Å². The molecule has 3 atom stereocenters. The number of hydrogen-bond acceptors (Lipinski definition) is 5. The molecule has 1 aromatic carbocycles. The Bertz CT molecular complexity index is 1050. The monoisotopic (exact) mass is 466 g/mol. The van der Waals surface area contributed by atoms with Gasteiger partial charge in [0, 0.05) is 43.3 Å². The van der Waals surface area contributed by atoms with Gasteiger partial charge in [-0.3, -0.25) is 9.59 Å². The Morgan fingerprint density at radius 1 is 1.12 bits per heavy atom. The highest BCUT2D eigenvalue weighted by Gasteiger charge is 2.41. The topological polar surface area (TPSA) is 74.8 Å². The smallest absolute Gasteiger partial charge is 0.286 e. The number of halogens is 1. The quantitative estimate of drug-likeness (QED) is 0.703. The lowest BCUT2D eigenvalue weighted by molar-refractivity contribution is -0.141. The summed E-state index contributed by atoms with van der Waals surface area (Å²) in [6.45, 7) is 2.93. The second-order valence-corrected chi connectivity index (χ2v) is 9.25. The lowest BCUT2D eigenvalue weighted by Crippen LogP contribution is -2.56. The first-order chi connectivity index (χ1) is 16.1. The molecular weight excluding hydrogens is 440 g/mol. The molecule has 1 aliphatic carbocycles. The molecule has 2 aromatic rings. The third-order valence-corrected chi connectivity index (χ3v) is 6.90. The molecule has 3 aliphatic rings. The van der Waals surface area contributed by atoms with E-state index in [9.17, 15) is 9.59 Å². The lowest BCUT2D eigenvalue weighted by atomic mass is 9.82. The zero-order chi connectivity index (χ0) is 22.8.